The maximum Gasteiger partial charge on any atom is 0.433 e. The molecule has 0 radical (unpaired) electrons. The minimum atomic E-state index is -5.30. The molecule has 4 rings (SSSR count). The molecular weight excluding hydrogens is 1020 g/mol. The number of rotatable bonds is 21. The van der Waals surface area contributed by atoms with Gasteiger partial charge in [0, 0.05) is 17.2 Å². The highest BCUT2D eigenvalue weighted by atomic mass is 32.3. The highest BCUT2D eigenvalue weighted by Crippen LogP contribution is 2.51. The number of thioether (sulfide) groups is 1. The van der Waals surface area contributed by atoms with E-state index in [0.717, 1.165) is 41.0 Å². The summed E-state index contributed by atoms with van der Waals surface area (Å²) in [6, 6.07) is 12.5. The van der Waals surface area contributed by atoms with Crippen LogP contribution in [0.1, 0.15) is 11.9 Å². The van der Waals surface area contributed by atoms with Crippen molar-refractivity contribution in [3.8, 4) is 11.4 Å². The summed E-state index contributed by atoms with van der Waals surface area (Å²) in [6.45, 7) is -1.35. The Bertz CT molecular complexity index is 3270. The summed E-state index contributed by atoms with van der Waals surface area (Å²) >= 11 is 0.741. The molecule has 0 saturated carbocycles. The summed E-state index contributed by atoms with van der Waals surface area (Å²) in [7, 11) is -22.6. The zero-order chi connectivity index (χ0) is 50.0. The van der Waals surface area contributed by atoms with Gasteiger partial charge in [0.05, 0.1) is 68.0 Å². The van der Waals surface area contributed by atoms with E-state index in [4.69, 9.17) is 20.6 Å². The number of aliphatic hydroxyl groups is 2. The molecule has 0 amide bonds. The second-order valence-electron chi connectivity index (χ2n) is 12.6. The van der Waals surface area contributed by atoms with Gasteiger partial charge in [-0.1, -0.05) is 12.1 Å². The number of aliphatic hydroxyl groups excluding tert-OH is 1. The van der Waals surface area contributed by atoms with Gasteiger partial charge < -0.3 is 21.7 Å². The number of benzene rings is 4. The van der Waals surface area contributed by atoms with Crippen molar-refractivity contribution in [3.05, 3.63) is 77.2 Å². The van der Waals surface area contributed by atoms with Crippen LogP contribution in [-0.2, 0) is 64.0 Å². The van der Waals surface area contributed by atoms with Crippen LogP contribution < -0.4 is 11.5 Å². The fourth-order valence-electron chi connectivity index (χ4n) is 4.92. The molecule has 0 atom stereocenters. The summed E-state index contributed by atoms with van der Waals surface area (Å²) in [4.78, 5) is 12.9. The molecule has 0 aliphatic heterocycles. The number of azo groups is 3. The predicted molar refractivity (Wildman–Crippen MR) is 231 cm³/mol. The van der Waals surface area contributed by atoms with Crippen LogP contribution in [0.3, 0.4) is 0 Å². The molecule has 35 heteroatoms. The van der Waals surface area contributed by atoms with Gasteiger partial charge in [0.2, 0.25) is 0 Å². The van der Waals surface area contributed by atoms with Gasteiger partial charge in [0.1, 0.15) is 27.6 Å². The molecule has 4 aromatic rings. The van der Waals surface area contributed by atoms with E-state index in [1.165, 1.54) is 43.4 Å². The topological polar surface area (TPSA) is 458 Å². The first kappa shape index (κ1) is 53.5. The number of hydrogen-bond donors (Lipinski definition) is 7. The first-order valence-electron chi connectivity index (χ1n) is 17.4. The van der Waals surface area contributed by atoms with Crippen LogP contribution in [0.5, 0.6) is 0 Å². The summed E-state index contributed by atoms with van der Waals surface area (Å²) in [6.07, 6.45) is -0.759. The molecule has 0 spiro atoms. The molecule has 67 heavy (non-hydrogen) atoms. The van der Waals surface area contributed by atoms with Gasteiger partial charge in [0.15, 0.2) is 32.1 Å². The third-order valence-corrected chi connectivity index (χ3v) is 13.6. The monoisotopic (exact) mass is 1050 g/mol. The van der Waals surface area contributed by atoms with E-state index in [2.05, 4.69) is 54.6 Å². The van der Waals surface area contributed by atoms with Crippen molar-refractivity contribution in [1.82, 2.24) is 5.01 Å². The van der Waals surface area contributed by atoms with E-state index in [9.17, 15) is 61.8 Å². The number of anilines is 2. The third kappa shape index (κ3) is 15.7. The van der Waals surface area contributed by atoms with Crippen LogP contribution in [0, 0.1) is 16.3 Å². The Hall–Kier alpha value is -6.14. The van der Waals surface area contributed by atoms with Crippen molar-refractivity contribution in [1.29, 1.82) is 0 Å². The average molecular weight is 1050 g/mol. The zero-order valence-electron chi connectivity index (χ0n) is 33.4. The lowest BCUT2D eigenvalue weighted by molar-refractivity contribution is -0.135. The molecule has 0 unspecified atom stereocenters. The Balaban J connectivity index is 1.90. The van der Waals surface area contributed by atoms with E-state index in [0.29, 0.717) is 11.0 Å². The summed E-state index contributed by atoms with van der Waals surface area (Å²) < 4.78 is 155. The zero-order valence-corrected chi connectivity index (χ0v) is 38.3. The standard InChI is InChI=1S/C32H32N10O19S6/c1-42(41-45)10-14-63(46,47)23-8-9-24(25(18-23)65(50,51)52)37-39-30-26(32(43)44)29(38-35-19-4-2-6-21(16-19)62-13-11-59-61-67(56,57)58)27(33)31(28(30)34)40-36-20-5-3-7-22(17-20)64(48,49)15-12-60-66(53,54)55/h2-9,16-18,32,43-44H,10,12,14-15,33-34H2,1H3,(H,50,51,52)(H,53,54,55)(H,56,57,58). The number of nitroso groups, excluding NO2 is 1. The van der Waals surface area contributed by atoms with Crippen molar-refractivity contribution in [2.45, 2.75) is 25.9 Å². The summed E-state index contributed by atoms with van der Waals surface area (Å²) in [5, 5.41) is 50.5. The molecule has 0 saturated heterocycles. The number of hydrogen-bond acceptors (Lipinski definition) is 26. The van der Waals surface area contributed by atoms with E-state index in [1.54, 1.807) is 0 Å². The first-order valence-corrected chi connectivity index (χ1v) is 25.7. The average Bonchev–Trinajstić information content (AvgIpc) is 3.23. The van der Waals surface area contributed by atoms with E-state index in [-0.39, 0.29) is 11.4 Å². The largest absolute Gasteiger partial charge is 0.433 e. The van der Waals surface area contributed by atoms with Gasteiger partial charge in [0.25, 0.3) is 10.1 Å². The third-order valence-electron chi connectivity index (χ3n) is 7.92. The van der Waals surface area contributed by atoms with Gasteiger partial charge in [-0.15, -0.1) is 25.4 Å². The minimum absolute atomic E-state index is 0.0183. The first-order chi connectivity index (χ1) is 31.1. The number of sulfone groups is 2. The Morgan fingerprint density at radius 3 is 1.85 bits per heavy atom. The summed E-state index contributed by atoms with van der Waals surface area (Å²) in [5.41, 5.74) is 7.88. The highest BCUT2D eigenvalue weighted by molar-refractivity contribution is 8.04. The lowest BCUT2D eigenvalue weighted by Crippen LogP contribution is -2.21. The van der Waals surface area contributed by atoms with Crippen molar-refractivity contribution >= 4 is 108 Å². The van der Waals surface area contributed by atoms with Crippen molar-refractivity contribution < 1.29 is 79.4 Å². The van der Waals surface area contributed by atoms with Crippen LogP contribution in [0.2, 0.25) is 0 Å². The van der Waals surface area contributed by atoms with Crippen molar-refractivity contribution in [3.63, 3.8) is 0 Å². The number of nitrogens with two attached hydrogens (primary N) is 2. The lowest BCUT2D eigenvalue weighted by atomic mass is 10.0. The van der Waals surface area contributed by atoms with Crippen LogP contribution in [0.25, 0.3) is 0 Å². The smallest absolute Gasteiger partial charge is 0.395 e. The molecule has 0 bridgehead atoms. The van der Waals surface area contributed by atoms with Crippen LogP contribution in [0.15, 0.2) is 122 Å². The van der Waals surface area contributed by atoms with E-state index < -0.39 is 136 Å². The number of nitrogens with zero attached hydrogens (tertiary/aromatic N) is 8. The van der Waals surface area contributed by atoms with Gasteiger partial charge in [-0.3, -0.25) is 23.6 Å². The fraction of sp³-hybridized carbons (Fsp3) is 0.188. The Morgan fingerprint density at radius 2 is 1.27 bits per heavy atom. The molecule has 0 fully saturated rings. The summed E-state index contributed by atoms with van der Waals surface area (Å²) in [5.74, 6) is -1.63. The van der Waals surface area contributed by atoms with E-state index in [1.807, 2.05) is 6.11 Å². The molecule has 0 heterocycles. The van der Waals surface area contributed by atoms with Crippen molar-refractivity contribution in [2.75, 3.05) is 43.2 Å². The van der Waals surface area contributed by atoms with Gasteiger partial charge in [-0.2, -0.15) is 35.5 Å². The van der Waals surface area contributed by atoms with E-state index >= 15 is 0 Å². The van der Waals surface area contributed by atoms with Gasteiger partial charge >= 0.3 is 20.8 Å². The molecular formula is C32H32N10O19S6. The molecule has 360 valence electrons. The Kier molecular flexibility index (Phi) is 17.6. The second-order valence-corrected chi connectivity index (χ2v) is 21.2. The normalized spacial score (nSPS) is 12.8. The van der Waals surface area contributed by atoms with Gasteiger partial charge in [-0.25, -0.2) is 21.0 Å². The van der Waals surface area contributed by atoms with Crippen LogP contribution in [-0.4, -0.2) is 103 Å². The Morgan fingerprint density at radius 1 is 0.701 bits per heavy atom. The van der Waals surface area contributed by atoms with Crippen LogP contribution >= 0.6 is 11.8 Å². The van der Waals surface area contributed by atoms with Gasteiger partial charge in [-0.05, 0) is 70.7 Å². The fourth-order valence-corrected chi connectivity index (χ4v) is 9.12. The molecule has 4 aromatic carbocycles. The Labute approximate surface area is 384 Å². The molecule has 0 aliphatic rings. The molecule has 9 N–H and O–H groups in total. The maximum atomic E-state index is 13.0. The highest BCUT2D eigenvalue weighted by Gasteiger charge is 2.28. The van der Waals surface area contributed by atoms with Crippen LogP contribution in [0.4, 0.5) is 45.5 Å². The quantitative estimate of drug-likeness (QED) is 0.00711. The molecule has 0 aliphatic carbocycles. The number of nitrogen functional groups attached to an aromatic ring is 2. The SMILES string of the molecule is CN(CCS(=O)(=O)c1ccc(N=Nc2c(N)c(N=Nc3cccc(S(=O)(=O)CCOS(=O)(=O)O)c3)c(N)c(N=Nc3cccc(SC#COOS(=O)(=O)O)c3)c2C(O)O)c(S(=O)(=O)O)c1)N=O. The minimum Gasteiger partial charge on any atom is -0.395 e. The maximum absolute atomic E-state index is 13.0. The predicted octanol–water partition coefficient (Wildman–Crippen LogP) is 4.07. The molecule has 29 nitrogen and oxygen atoms in total. The second kappa shape index (κ2) is 22.1. The lowest BCUT2D eigenvalue weighted by Gasteiger charge is -2.17. The molecule has 0 aromatic heterocycles. The van der Waals surface area contributed by atoms with Crippen molar-refractivity contribution in [2.24, 2.45) is 36.0 Å².